The average Bonchev–Trinajstić information content (AvgIpc) is 2.33. The third-order valence-corrected chi connectivity index (χ3v) is 2.89. The first kappa shape index (κ1) is 11.6. The largest absolute Gasteiger partial charge is 0.478 e. The van der Waals surface area contributed by atoms with Gasteiger partial charge in [-0.25, -0.2) is 4.79 Å². The number of carbonyl (C=O) groups is 1. The second-order valence-electron chi connectivity index (χ2n) is 3.70. The number of pyridine rings is 1. The van der Waals surface area contributed by atoms with Crippen LogP contribution in [-0.4, -0.2) is 16.1 Å². The highest BCUT2D eigenvalue weighted by molar-refractivity contribution is 6.31. The van der Waals surface area contributed by atoms with Crippen LogP contribution in [0.3, 0.4) is 0 Å². The molecule has 1 aromatic carbocycles. The second kappa shape index (κ2) is 4.55. The Morgan fingerprint density at radius 2 is 2.06 bits per heavy atom. The summed E-state index contributed by atoms with van der Waals surface area (Å²) < 4.78 is 0. The summed E-state index contributed by atoms with van der Waals surface area (Å²) in [5.41, 5.74) is 2.80. The quantitative estimate of drug-likeness (QED) is 0.885. The van der Waals surface area contributed by atoms with Crippen molar-refractivity contribution in [2.75, 3.05) is 0 Å². The molecule has 0 bridgehead atoms. The molecule has 1 heterocycles. The van der Waals surface area contributed by atoms with Crippen LogP contribution in [0.25, 0.3) is 11.3 Å². The highest BCUT2D eigenvalue weighted by Gasteiger charge is 2.05. The number of aromatic carboxylic acids is 1. The third-order valence-electron chi connectivity index (χ3n) is 2.46. The Morgan fingerprint density at radius 3 is 2.59 bits per heavy atom. The summed E-state index contributed by atoms with van der Waals surface area (Å²) in [6.45, 7) is 1.91. The van der Waals surface area contributed by atoms with Crippen molar-refractivity contribution in [3.63, 3.8) is 0 Å². The van der Waals surface area contributed by atoms with Gasteiger partial charge in [0.05, 0.1) is 11.3 Å². The molecule has 0 aliphatic carbocycles. The van der Waals surface area contributed by atoms with E-state index < -0.39 is 5.97 Å². The highest BCUT2D eigenvalue weighted by Crippen LogP contribution is 2.23. The van der Waals surface area contributed by atoms with Crippen LogP contribution in [0.2, 0.25) is 5.02 Å². The number of halogens is 1. The molecular weight excluding hydrogens is 238 g/mol. The molecule has 2 aromatic rings. The Hall–Kier alpha value is -1.87. The lowest BCUT2D eigenvalue weighted by molar-refractivity contribution is 0.0696. The van der Waals surface area contributed by atoms with Crippen LogP contribution in [-0.2, 0) is 0 Å². The molecule has 0 unspecified atom stereocenters. The summed E-state index contributed by atoms with van der Waals surface area (Å²) in [5.74, 6) is -0.976. The van der Waals surface area contributed by atoms with Crippen molar-refractivity contribution in [1.82, 2.24) is 4.98 Å². The van der Waals surface area contributed by atoms with Gasteiger partial charge in [-0.3, -0.25) is 4.98 Å². The van der Waals surface area contributed by atoms with Gasteiger partial charge in [0.1, 0.15) is 0 Å². The smallest absolute Gasteiger partial charge is 0.337 e. The Balaban J connectivity index is 2.39. The molecule has 0 fully saturated rings. The SMILES string of the molecule is Cc1cc(-c2ccc(C(=O)O)cn2)ccc1Cl. The molecule has 0 aliphatic rings. The number of aryl methyl sites for hydroxylation is 1. The van der Waals surface area contributed by atoms with Crippen molar-refractivity contribution >= 4 is 17.6 Å². The standard InChI is InChI=1S/C13H10ClNO2/c1-8-6-9(2-4-11(8)14)12-5-3-10(7-15-12)13(16)17/h2-7H,1H3,(H,16,17). The maximum absolute atomic E-state index is 10.7. The van der Waals surface area contributed by atoms with E-state index in [9.17, 15) is 4.79 Å². The van der Waals surface area contributed by atoms with Gasteiger partial charge >= 0.3 is 5.97 Å². The minimum absolute atomic E-state index is 0.180. The van der Waals surface area contributed by atoms with E-state index >= 15 is 0 Å². The monoisotopic (exact) mass is 247 g/mol. The van der Waals surface area contributed by atoms with Crippen molar-refractivity contribution in [3.05, 3.63) is 52.7 Å². The van der Waals surface area contributed by atoms with Crippen LogP contribution in [0.4, 0.5) is 0 Å². The van der Waals surface area contributed by atoms with Crippen molar-refractivity contribution in [2.24, 2.45) is 0 Å². The van der Waals surface area contributed by atoms with E-state index in [0.717, 1.165) is 16.8 Å². The van der Waals surface area contributed by atoms with Crippen LogP contribution in [0.5, 0.6) is 0 Å². The highest BCUT2D eigenvalue weighted by atomic mass is 35.5. The Kier molecular flexibility index (Phi) is 3.11. The molecule has 0 saturated carbocycles. The molecular formula is C13H10ClNO2. The van der Waals surface area contributed by atoms with E-state index in [-0.39, 0.29) is 5.56 Å². The molecule has 86 valence electrons. The number of carboxylic acids is 1. The summed E-state index contributed by atoms with van der Waals surface area (Å²) in [6.07, 6.45) is 1.35. The van der Waals surface area contributed by atoms with Crippen LogP contribution in [0.1, 0.15) is 15.9 Å². The van der Waals surface area contributed by atoms with Crippen LogP contribution >= 0.6 is 11.6 Å². The van der Waals surface area contributed by atoms with E-state index in [4.69, 9.17) is 16.7 Å². The Labute approximate surface area is 104 Å². The number of carboxylic acid groups (broad SMARTS) is 1. The lowest BCUT2D eigenvalue weighted by atomic mass is 10.1. The predicted octanol–water partition coefficient (Wildman–Crippen LogP) is 3.41. The van der Waals surface area contributed by atoms with E-state index in [1.54, 1.807) is 12.1 Å². The van der Waals surface area contributed by atoms with E-state index in [0.29, 0.717) is 5.02 Å². The van der Waals surface area contributed by atoms with Crippen molar-refractivity contribution < 1.29 is 9.90 Å². The van der Waals surface area contributed by atoms with Crippen LogP contribution in [0.15, 0.2) is 36.5 Å². The molecule has 17 heavy (non-hydrogen) atoms. The summed E-state index contributed by atoms with van der Waals surface area (Å²) in [4.78, 5) is 14.8. The minimum atomic E-state index is -0.976. The number of hydrogen-bond acceptors (Lipinski definition) is 2. The number of hydrogen-bond donors (Lipinski definition) is 1. The summed E-state index contributed by atoms with van der Waals surface area (Å²) in [5, 5.41) is 9.47. The van der Waals surface area contributed by atoms with E-state index in [1.807, 2.05) is 19.1 Å². The normalized spacial score (nSPS) is 10.2. The second-order valence-corrected chi connectivity index (χ2v) is 4.11. The molecule has 4 heteroatoms. The predicted molar refractivity (Wildman–Crippen MR) is 66.4 cm³/mol. The molecule has 2 rings (SSSR count). The fraction of sp³-hybridized carbons (Fsp3) is 0.0769. The molecule has 3 nitrogen and oxygen atoms in total. The van der Waals surface area contributed by atoms with Crippen LogP contribution in [0, 0.1) is 6.92 Å². The number of rotatable bonds is 2. The van der Waals surface area contributed by atoms with Gasteiger partial charge in [-0.05, 0) is 36.8 Å². The van der Waals surface area contributed by atoms with Gasteiger partial charge in [0, 0.05) is 16.8 Å². The molecule has 0 aliphatic heterocycles. The summed E-state index contributed by atoms with van der Waals surface area (Å²) in [6, 6.07) is 8.81. The molecule has 0 radical (unpaired) electrons. The minimum Gasteiger partial charge on any atom is -0.478 e. The maximum Gasteiger partial charge on any atom is 0.337 e. The molecule has 0 spiro atoms. The zero-order chi connectivity index (χ0) is 12.4. The third kappa shape index (κ3) is 2.45. The zero-order valence-electron chi connectivity index (χ0n) is 9.14. The lowest BCUT2D eigenvalue weighted by Crippen LogP contribution is -1.97. The van der Waals surface area contributed by atoms with Gasteiger partial charge in [0.25, 0.3) is 0 Å². The van der Waals surface area contributed by atoms with E-state index in [1.165, 1.54) is 12.3 Å². The summed E-state index contributed by atoms with van der Waals surface area (Å²) in [7, 11) is 0. The van der Waals surface area contributed by atoms with Gasteiger partial charge in [-0.1, -0.05) is 17.7 Å². The molecule has 0 amide bonds. The molecule has 0 atom stereocenters. The first-order valence-electron chi connectivity index (χ1n) is 5.04. The van der Waals surface area contributed by atoms with Gasteiger partial charge in [0.2, 0.25) is 0 Å². The van der Waals surface area contributed by atoms with Crippen molar-refractivity contribution in [3.8, 4) is 11.3 Å². The Morgan fingerprint density at radius 1 is 1.29 bits per heavy atom. The van der Waals surface area contributed by atoms with Gasteiger partial charge < -0.3 is 5.11 Å². The topological polar surface area (TPSA) is 50.2 Å². The zero-order valence-corrected chi connectivity index (χ0v) is 9.90. The first-order valence-corrected chi connectivity index (χ1v) is 5.41. The van der Waals surface area contributed by atoms with Gasteiger partial charge in [0.15, 0.2) is 0 Å². The van der Waals surface area contributed by atoms with E-state index in [2.05, 4.69) is 4.98 Å². The fourth-order valence-electron chi connectivity index (χ4n) is 1.50. The van der Waals surface area contributed by atoms with Crippen molar-refractivity contribution in [1.29, 1.82) is 0 Å². The molecule has 1 N–H and O–H groups in total. The average molecular weight is 248 g/mol. The Bertz CT molecular complexity index is 564. The van der Waals surface area contributed by atoms with Crippen molar-refractivity contribution in [2.45, 2.75) is 6.92 Å². The lowest BCUT2D eigenvalue weighted by Gasteiger charge is -2.04. The fourth-order valence-corrected chi connectivity index (χ4v) is 1.61. The van der Waals surface area contributed by atoms with Crippen LogP contribution < -0.4 is 0 Å². The van der Waals surface area contributed by atoms with Gasteiger partial charge in [-0.15, -0.1) is 0 Å². The first-order chi connectivity index (χ1) is 8.08. The molecule has 0 saturated heterocycles. The maximum atomic E-state index is 10.7. The van der Waals surface area contributed by atoms with Gasteiger partial charge in [-0.2, -0.15) is 0 Å². The number of nitrogens with zero attached hydrogens (tertiary/aromatic N) is 1. The summed E-state index contributed by atoms with van der Waals surface area (Å²) >= 11 is 5.94. The number of benzene rings is 1. The number of aromatic nitrogens is 1. The molecule has 1 aromatic heterocycles.